The molecule has 0 radical (unpaired) electrons. The van der Waals surface area contributed by atoms with E-state index in [-0.39, 0.29) is 43.5 Å². The number of nitrogens with one attached hydrogen (secondary N) is 1. The second-order valence-electron chi connectivity index (χ2n) is 11.4. The van der Waals surface area contributed by atoms with Gasteiger partial charge < -0.3 is 25.0 Å². The summed E-state index contributed by atoms with van der Waals surface area (Å²) in [6, 6.07) is 25.8. The van der Waals surface area contributed by atoms with Crippen LogP contribution in [0.5, 0.6) is 0 Å². The molecule has 2 aliphatic heterocycles. The van der Waals surface area contributed by atoms with E-state index in [1.165, 1.54) is 5.56 Å². The number of ether oxygens (including phenoxy) is 2. The minimum atomic E-state index is -1.00. The second-order valence-corrected chi connectivity index (χ2v) is 11.4. The van der Waals surface area contributed by atoms with Gasteiger partial charge in [0.25, 0.3) is 0 Å². The van der Waals surface area contributed by atoms with Gasteiger partial charge in [-0.1, -0.05) is 73.7 Å². The fourth-order valence-corrected chi connectivity index (χ4v) is 5.72. The molecule has 4 atom stereocenters. The molecule has 5 rings (SSSR count). The van der Waals surface area contributed by atoms with Crippen molar-refractivity contribution in [3.05, 3.63) is 101 Å². The van der Waals surface area contributed by atoms with E-state index < -0.39 is 12.3 Å². The van der Waals surface area contributed by atoms with E-state index in [1.54, 1.807) is 12.1 Å². The quantitative estimate of drug-likeness (QED) is 0.299. The fourth-order valence-electron chi connectivity index (χ4n) is 5.72. The predicted molar refractivity (Wildman–Crippen MR) is 163 cm³/mol. The third-order valence-electron chi connectivity index (χ3n) is 8.31. The van der Waals surface area contributed by atoms with E-state index in [9.17, 15) is 14.7 Å². The number of carbonyl (C=O) groups is 2. The third kappa shape index (κ3) is 8.49. The minimum absolute atomic E-state index is 0.00877. The number of aliphatic hydroxyl groups excluding tert-OH is 1. The number of piperazine rings is 1. The first-order chi connectivity index (χ1) is 20.9. The summed E-state index contributed by atoms with van der Waals surface area (Å²) in [5.74, 6) is -1.26. The highest BCUT2D eigenvalue weighted by molar-refractivity contribution is 5.92. The Morgan fingerprint density at radius 1 is 0.814 bits per heavy atom. The van der Waals surface area contributed by atoms with E-state index in [0.717, 1.165) is 56.0 Å². The molecule has 2 saturated heterocycles. The molecule has 0 bridgehead atoms. The number of nitrogens with zero attached hydrogens (tertiary/aromatic N) is 2. The molecule has 2 fully saturated rings. The average molecular weight is 588 g/mol. The minimum Gasteiger partial charge on any atom is -0.481 e. The van der Waals surface area contributed by atoms with Crippen LogP contribution < -0.4 is 5.32 Å². The Balaban J connectivity index is 1.26. The van der Waals surface area contributed by atoms with Crippen molar-refractivity contribution in [1.29, 1.82) is 0 Å². The molecule has 3 aromatic rings. The summed E-state index contributed by atoms with van der Waals surface area (Å²) < 4.78 is 13.2. The van der Waals surface area contributed by atoms with Crippen molar-refractivity contribution in [2.45, 2.75) is 51.4 Å². The van der Waals surface area contributed by atoms with Crippen LogP contribution in [0.1, 0.15) is 54.4 Å². The molecule has 43 heavy (non-hydrogen) atoms. The first kappa shape index (κ1) is 30.8. The molecule has 1 amide bonds. The fraction of sp³-hybridized carbons (Fsp3) is 0.412. The maximum atomic E-state index is 12.1. The summed E-state index contributed by atoms with van der Waals surface area (Å²) in [6.45, 7) is 7.86. The zero-order valence-corrected chi connectivity index (χ0v) is 24.6. The van der Waals surface area contributed by atoms with Gasteiger partial charge in [0, 0.05) is 62.9 Å². The highest BCUT2D eigenvalue weighted by Gasteiger charge is 2.39. The molecule has 0 spiro atoms. The van der Waals surface area contributed by atoms with E-state index in [2.05, 4.69) is 52.4 Å². The molecule has 0 saturated carbocycles. The second kappa shape index (κ2) is 14.7. The van der Waals surface area contributed by atoms with Crippen LogP contribution >= 0.6 is 0 Å². The van der Waals surface area contributed by atoms with Gasteiger partial charge in [-0.15, -0.1) is 0 Å². The van der Waals surface area contributed by atoms with Gasteiger partial charge in [-0.3, -0.25) is 19.4 Å². The Morgan fingerprint density at radius 3 is 2.12 bits per heavy atom. The Labute approximate surface area is 253 Å². The maximum absolute atomic E-state index is 12.1. The van der Waals surface area contributed by atoms with Gasteiger partial charge in [0.1, 0.15) is 0 Å². The summed E-state index contributed by atoms with van der Waals surface area (Å²) in [5.41, 5.74) is 4.65. The smallest absolute Gasteiger partial charge is 0.303 e. The summed E-state index contributed by atoms with van der Waals surface area (Å²) in [7, 11) is 0. The van der Waals surface area contributed by atoms with Gasteiger partial charge in [0.15, 0.2) is 6.29 Å². The monoisotopic (exact) mass is 587 g/mol. The summed E-state index contributed by atoms with van der Waals surface area (Å²) in [6.07, 6.45) is -1.16. The lowest BCUT2D eigenvalue weighted by Crippen LogP contribution is -2.51. The number of anilines is 1. The van der Waals surface area contributed by atoms with Gasteiger partial charge >= 0.3 is 5.97 Å². The zero-order valence-electron chi connectivity index (χ0n) is 24.6. The SMILES string of the molecule is C[C@@H]1[C@H](CN2CCN(Cc3ccccc3)CC2)O[C@H](c2ccc(NC(=O)CCC(=O)O)cc2)O[C@@H]1c1ccc(CO)cc1. The van der Waals surface area contributed by atoms with Crippen molar-refractivity contribution in [3.8, 4) is 0 Å². The molecule has 3 aromatic carbocycles. The van der Waals surface area contributed by atoms with Crippen molar-refractivity contribution in [2.24, 2.45) is 5.92 Å². The molecule has 0 unspecified atom stereocenters. The van der Waals surface area contributed by atoms with Gasteiger partial charge in [-0.05, 0) is 28.8 Å². The molecule has 9 nitrogen and oxygen atoms in total. The van der Waals surface area contributed by atoms with Crippen molar-refractivity contribution < 1.29 is 29.3 Å². The number of hydrogen-bond donors (Lipinski definition) is 3. The number of carbonyl (C=O) groups excluding carboxylic acids is 1. The molecular weight excluding hydrogens is 546 g/mol. The Kier molecular flexibility index (Phi) is 10.6. The Hall–Kier alpha value is -3.60. The zero-order chi connectivity index (χ0) is 30.2. The largest absolute Gasteiger partial charge is 0.481 e. The van der Waals surface area contributed by atoms with Crippen molar-refractivity contribution in [2.75, 3.05) is 38.0 Å². The van der Waals surface area contributed by atoms with Crippen molar-refractivity contribution in [3.63, 3.8) is 0 Å². The molecule has 2 aliphatic rings. The highest BCUT2D eigenvalue weighted by atomic mass is 16.7. The molecule has 0 aliphatic carbocycles. The molecule has 3 N–H and O–H groups in total. The van der Waals surface area contributed by atoms with E-state index in [1.807, 2.05) is 36.4 Å². The van der Waals surface area contributed by atoms with Gasteiger partial charge in [-0.2, -0.15) is 0 Å². The average Bonchev–Trinajstić information content (AvgIpc) is 3.03. The standard InChI is InChI=1S/C34H41N3O6/c1-24-30(22-37-19-17-36(18-20-37)21-25-5-3-2-4-6-25)42-34(43-33(24)27-9-7-26(23-38)8-10-27)28-11-13-29(14-12-28)35-31(39)15-16-32(40)41/h2-14,24,30,33-34,38H,15-23H2,1H3,(H,35,39)(H,40,41)/t24-,30+,33+,34+/m1/s1. The van der Waals surface area contributed by atoms with Crippen molar-refractivity contribution in [1.82, 2.24) is 9.80 Å². The normalized spacial score (nSPS) is 23.1. The summed E-state index contributed by atoms with van der Waals surface area (Å²) in [4.78, 5) is 27.8. The number of carboxylic acids is 1. The van der Waals surface area contributed by atoms with Crippen LogP contribution in [0.4, 0.5) is 5.69 Å². The van der Waals surface area contributed by atoms with Gasteiger partial charge in [0.2, 0.25) is 5.91 Å². The number of amides is 1. The van der Waals surface area contributed by atoms with Gasteiger partial charge in [0.05, 0.1) is 25.2 Å². The molecule has 0 aromatic heterocycles. The van der Waals surface area contributed by atoms with E-state index >= 15 is 0 Å². The lowest BCUT2D eigenvalue weighted by molar-refractivity contribution is -0.276. The summed E-state index contributed by atoms with van der Waals surface area (Å²) >= 11 is 0. The van der Waals surface area contributed by atoms with Crippen LogP contribution in [0, 0.1) is 5.92 Å². The Morgan fingerprint density at radius 2 is 1.47 bits per heavy atom. The van der Waals surface area contributed by atoms with Crippen LogP contribution in [0.2, 0.25) is 0 Å². The van der Waals surface area contributed by atoms with Crippen LogP contribution in [-0.4, -0.2) is 70.7 Å². The lowest BCUT2D eigenvalue weighted by Gasteiger charge is -2.44. The Bertz CT molecular complexity index is 1330. The molecule has 228 valence electrons. The number of aliphatic carboxylic acids is 1. The highest BCUT2D eigenvalue weighted by Crippen LogP contribution is 2.42. The number of rotatable bonds is 11. The van der Waals surface area contributed by atoms with Crippen LogP contribution in [0.25, 0.3) is 0 Å². The number of carboxylic acid groups (broad SMARTS) is 1. The van der Waals surface area contributed by atoms with Crippen LogP contribution in [0.3, 0.4) is 0 Å². The van der Waals surface area contributed by atoms with Gasteiger partial charge in [-0.25, -0.2) is 0 Å². The molecule has 2 heterocycles. The summed E-state index contributed by atoms with van der Waals surface area (Å²) in [5, 5.41) is 21.1. The molecule has 9 heteroatoms. The maximum Gasteiger partial charge on any atom is 0.303 e. The number of benzene rings is 3. The first-order valence-electron chi connectivity index (χ1n) is 15.0. The van der Waals surface area contributed by atoms with Crippen LogP contribution in [-0.2, 0) is 32.2 Å². The van der Waals surface area contributed by atoms with Crippen molar-refractivity contribution >= 4 is 17.6 Å². The van der Waals surface area contributed by atoms with Crippen LogP contribution in [0.15, 0.2) is 78.9 Å². The van der Waals surface area contributed by atoms with E-state index in [4.69, 9.17) is 14.6 Å². The number of hydrogen-bond acceptors (Lipinski definition) is 7. The number of aliphatic hydroxyl groups is 1. The first-order valence-corrected chi connectivity index (χ1v) is 15.0. The predicted octanol–water partition coefficient (Wildman–Crippen LogP) is 4.59. The topological polar surface area (TPSA) is 112 Å². The lowest BCUT2D eigenvalue weighted by atomic mass is 9.90. The molecular formula is C34H41N3O6. The van der Waals surface area contributed by atoms with E-state index in [0.29, 0.717) is 5.69 Å². The third-order valence-corrected chi connectivity index (χ3v) is 8.31.